The molecule has 0 N–H and O–H groups in total. The Labute approximate surface area is 168 Å². The molecule has 0 bridgehead atoms. The summed E-state index contributed by atoms with van der Waals surface area (Å²) in [6.07, 6.45) is 4.04. The first kappa shape index (κ1) is 18.9. The van der Waals surface area contributed by atoms with Crippen LogP contribution in [-0.2, 0) is 11.3 Å². The first-order valence-corrected chi connectivity index (χ1v) is 10.7. The fourth-order valence-electron chi connectivity index (χ4n) is 3.70. The van der Waals surface area contributed by atoms with Gasteiger partial charge in [0.2, 0.25) is 5.91 Å². The van der Waals surface area contributed by atoms with Crippen LogP contribution in [0.25, 0.3) is 21.3 Å². The van der Waals surface area contributed by atoms with Gasteiger partial charge in [-0.05, 0) is 31.2 Å². The van der Waals surface area contributed by atoms with Crippen LogP contribution < -0.4 is 5.56 Å². The highest BCUT2D eigenvalue weighted by Crippen LogP contribution is 2.30. The number of aromatic nitrogens is 2. The van der Waals surface area contributed by atoms with Crippen molar-refractivity contribution in [3.63, 3.8) is 0 Å². The van der Waals surface area contributed by atoms with Crippen LogP contribution in [0.2, 0.25) is 0 Å². The SMILES string of the molecule is Cc1ccc(-c2csc3ncn(CCC(=O)N4CCC(C)CC4)c(=O)c23)cc1. The van der Waals surface area contributed by atoms with E-state index in [1.54, 1.807) is 10.9 Å². The summed E-state index contributed by atoms with van der Waals surface area (Å²) >= 11 is 1.48. The molecule has 1 amide bonds. The van der Waals surface area contributed by atoms with Crippen LogP contribution in [0.15, 0.2) is 40.8 Å². The number of benzene rings is 1. The number of hydrogen-bond acceptors (Lipinski definition) is 4. The zero-order chi connectivity index (χ0) is 19.7. The average molecular weight is 396 g/mol. The summed E-state index contributed by atoms with van der Waals surface area (Å²) in [6.45, 7) is 6.30. The second kappa shape index (κ2) is 7.87. The highest BCUT2D eigenvalue weighted by atomic mass is 32.1. The molecule has 28 heavy (non-hydrogen) atoms. The molecule has 0 unspecified atom stereocenters. The Bertz CT molecular complexity index is 1040. The van der Waals surface area contributed by atoms with Crippen molar-refractivity contribution in [3.8, 4) is 11.1 Å². The van der Waals surface area contributed by atoms with E-state index in [-0.39, 0.29) is 11.5 Å². The van der Waals surface area contributed by atoms with Crippen LogP contribution in [0.3, 0.4) is 0 Å². The summed E-state index contributed by atoms with van der Waals surface area (Å²) in [5.41, 5.74) is 3.06. The van der Waals surface area contributed by atoms with E-state index in [4.69, 9.17) is 0 Å². The van der Waals surface area contributed by atoms with Gasteiger partial charge < -0.3 is 4.90 Å². The van der Waals surface area contributed by atoms with E-state index in [0.717, 1.165) is 41.9 Å². The van der Waals surface area contributed by atoms with Gasteiger partial charge in [0.1, 0.15) is 4.83 Å². The van der Waals surface area contributed by atoms with Crippen molar-refractivity contribution in [2.24, 2.45) is 5.92 Å². The summed E-state index contributed by atoms with van der Waals surface area (Å²) in [4.78, 5) is 32.7. The number of rotatable bonds is 4. The van der Waals surface area contributed by atoms with Gasteiger partial charge in [-0.3, -0.25) is 14.2 Å². The molecule has 6 heteroatoms. The lowest BCUT2D eigenvalue weighted by molar-refractivity contribution is -0.132. The molecule has 3 heterocycles. The maximum absolute atomic E-state index is 13.1. The monoisotopic (exact) mass is 395 g/mol. The van der Waals surface area contributed by atoms with Gasteiger partial charge in [-0.15, -0.1) is 11.3 Å². The molecule has 5 nitrogen and oxygen atoms in total. The van der Waals surface area contributed by atoms with Gasteiger partial charge in [0.05, 0.1) is 11.7 Å². The zero-order valence-electron chi connectivity index (χ0n) is 16.4. The van der Waals surface area contributed by atoms with Gasteiger partial charge >= 0.3 is 0 Å². The minimum atomic E-state index is -0.0677. The topological polar surface area (TPSA) is 55.2 Å². The van der Waals surface area contributed by atoms with Crippen molar-refractivity contribution >= 4 is 27.5 Å². The molecule has 0 radical (unpaired) electrons. The summed E-state index contributed by atoms with van der Waals surface area (Å²) in [5, 5.41) is 2.64. The van der Waals surface area contributed by atoms with Gasteiger partial charge in [-0.1, -0.05) is 36.8 Å². The molecule has 1 aliphatic heterocycles. The van der Waals surface area contributed by atoms with Crippen LogP contribution in [0.1, 0.15) is 31.7 Å². The normalized spacial score (nSPS) is 15.3. The third kappa shape index (κ3) is 3.74. The average Bonchev–Trinajstić information content (AvgIpc) is 3.13. The molecule has 4 rings (SSSR count). The Morgan fingerprint density at radius 3 is 2.64 bits per heavy atom. The molecular formula is C22H25N3O2S. The predicted molar refractivity (Wildman–Crippen MR) is 114 cm³/mol. The van der Waals surface area contributed by atoms with Crippen molar-refractivity contribution in [2.45, 2.75) is 39.7 Å². The van der Waals surface area contributed by atoms with E-state index in [0.29, 0.717) is 24.3 Å². The van der Waals surface area contributed by atoms with Gasteiger partial charge in [0, 0.05) is 37.0 Å². The Morgan fingerprint density at radius 1 is 1.21 bits per heavy atom. The highest BCUT2D eigenvalue weighted by Gasteiger charge is 2.20. The predicted octanol–water partition coefficient (Wildman–Crippen LogP) is 4.08. The minimum absolute atomic E-state index is 0.0677. The van der Waals surface area contributed by atoms with E-state index in [1.807, 2.05) is 41.5 Å². The third-order valence-corrected chi connectivity index (χ3v) is 6.51. The Balaban J connectivity index is 1.56. The summed E-state index contributed by atoms with van der Waals surface area (Å²) in [5.74, 6) is 0.819. The number of nitrogens with zero attached hydrogens (tertiary/aromatic N) is 3. The largest absolute Gasteiger partial charge is 0.343 e. The standard InChI is InChI=1S/C22H25N3O2S/c1-15-3-5-17(6-4-15)18-13-28-21-20(18)22(27)25(14-23-21)12-9-19(26)24-10-7-16(2)8-11-24/h3-6,13-14,16H,7-12H2,1-2H3. The molecule has 0 saturated carbocycles. The summed E-state index contributed by atoms with van der Waals surface area (Å²) in [7, 11) is 0. The lowest BCUT2D eigenvalue weighted by Gasteiger charge is -2.30. The molecule has 1 fully saturated rings. The number of carbonyl (C=O) groups excluding carboxylic acids is 1. The molecule has 146 valence electrons. The zero-order valence-corrected chi connectivity index (χ0v) is 17.2. The van der Waals surface area contributed by atoms with E-state index in [1.165, 1.54) is 16.9 Å². The van der Waals surface area contributed by atoms with Crippen LogP contribution in [-0.4, -0.2) is 33.4 Å². The van der Waals surface area contributed by atoms with Crippen molar-refractivity contribution in [3.05, 3.63) is 51.9 Å². The second-order valence-corrected chi connectivity index (χ2v) is 8.61. The number of carbonyl (C=O) groups is 1. The van der Waals surface area contributed by atoms with Gasteiger partial charge in [-0.25, -0.2) is 4.98 Å². The molecule has 1 saturated heterocycles. The first-order valence-electron chi connectivity index (χ1n) is 9.84. The molecule has 3 aromatic rings. The van der Waals surface area contributed by atoms with Gasteiger partial charge in [0.15, 0.2) is 0 Å². The minimum Gasteiger partial charge on any atom is -0.343 e. The Kier molecular flexibility index (Phi) is 5.31. The van der Waals surface area contributed by atoms with Crippen LogP contribution >= 0.6 is 11.3 Å². The second-order valence-electron chi connectivity index (χ2n) is 7.75. The molecule has 1 aromatic carbocycles. The third-order valence-electron chi connectivity index (χ3n) is 5.63. The highest BCUT2D eigenvalue weighted by molar-refractivity contribution is 7.17. The van der Waals surface area contributed by atoms with Crippen molar-refractivity contribution in [1.29, 1.82) is 0 Å². The fourth-order valence-corrected chi connectivity index (χ4v) is 4.61. The number of piperidine rings is 1. The fraction of sp³-hybridized carbons (Fsp3) is 0.409. The van der Waals surface area contributed by atoms with E-state index in [2.05, 4.69) is 11.9 Å². The number of amides is 1. The molecule has 0 atom stereocenters. The van der Waals surface area contributed by atoms with E-state index >= 15 is 0 Å². The molecule has 0 spiro atoms. The molecule has 0 aliphatic carbocycles. The summed E-state index contributed by atoms with van der Waals surface area (Å²) < 4.78 is 1.58. The maximum Gasteiger partial charge on any atom is 0.262 e. The van der Waals surface area contributed by atoms with Gasteiger partial charge in [0.25, 0.3) is 5.56 Å². The van der Waals surface area contributed by atoms with Crippen molar-refractivity contribution in [1.82, 2.24) is 14.5 Å². The number of aryl methyl sites for hydroxylation is 2. The smallest absolute Gasteiger partial charge is 0.262 e. The van der Waals surface area contributed by atoms with Crippen molar-refractivity contribution in [2.75, 3.05) is 13.1 Å². The van der Waals surface area contributed by atoms with Crippen LogP contribution in [0, 0.1) is 12.8 Å². The van der Waals surface area contributed by atoms with E-state index in [9.17, 15) is 9.59 Å². The number of thiophene rings is 1. The lowest BCUT2D eigenvalue weighted by Crippen LogP contribution is -2.38. The van der Waals surface area contributed by atoms with Gasteiger partial charge in [-0.2, -0.15) is 0 Å². The number of fused-ring (bicyclic) bond motifs is 1. The quantitative estimate of drug-likeness (QED) is 0.669. The lowest BCUT2D eigenvalue weighted by atomic mass is 9.99. The Morgan fingerprint density at radius 2 is 1.93 bits per heavy atom. The van der Waals surface area contributed by atoms with Crippen molar-refractivity contribution < 1.29 is 4.79 Å². The van der Waals surface area contributed by atoms with Crippen LogP contribution in [0.5, 0.6) is 0 Å². The maximum atomic E-state index is 13.1. The first-order chi connectivity index (χ1) is 13.5. The molecular weight excluding hydrogens is 370 g/mol. The molecule has 2 aromatic heterocycles. The summed E-state index contributed by atoms with van der Waals surface area (Å²) in [6, 6.07) is 8.17. The number of likely N-dealkylation sites (tertiary alicyclic amines) is 1. The van der Waals surface area contributed by atoms with Crippen LogP contribution in [0.4, 0.5) is 0 Å². The van der Waals surface area contributed by atoms with E-state index < -0.39 is 0 Å². The molecule has 1 aliphatic rings. The Hall–Kier alpha value is -2.47. The number of hydrogen-bond donors (Lipinski definition) is 0.